The Kier molecular flexibility index (Phi) is 5.95. The van der Waals surface area contributed by atoms with Gasteiger partial charge in [-0.1, -0.05) is 0 Å². The molecule has 1 aromatic heterocycles. The fourth-order valence-electron chi connectivity index (χ4n) is 2.06. The largest absolute Gasteiger partial charge is 0.493 e. The molecule has 0 bridgehead atoms. The molecular formula is C17H18O7. The first-order valence-electron chi connectivity index (χ1n) is 7.41. The zero-order chi connectivity index (χ0) is 17.5. The van der Waals surface area contributed by atoms with Gasteiger partial charge >= 0.3 is 17.6 Å². The molecule has 1 aromatic carbocycles. The normalized spacial score (nSPS) is 11.8. The molecule has 0 spiro atoms. The Labute approximate surface area is 138 Å². The van der Waals surface area contributed by atoms with Crippen LogP contribution in [0.15, 0.2) is 39.5 Å². The number of fused-ring (bicyclic) bond motifs is 1. The average Bonchev–Trinajstić information content (AvgIpc) is 2.51. The molecule has 7 heteroatoms. The van der Waals surface area contributed by atoms with E-state index in [1.54, 1.807) is 24.3 Å². The molecule has 0 aliphatic rings. The maximum atomic E-state index is 11.2. The Bertz CT molecular complexity index is 778. The minimum Gasteiger partial charge on any atom is -0.493 e. The van der Waals surface area contributed by atoms with Crippen LogP contribution in [-0.2, 0) is 19.1 Å². The highest BCUT2D eigenvalue weighted by Crippen LogP contribution is 2.19. The van der Waals surface area contributed by atoms with Gasteiger partial charge in [-0.25, -0.2) is 4.79 Å². The number of benzene rings is 1. The minimum atomic E-state index is -0.579. The highest BCUT2D eigenvalue weighted by atomic mass is 16.6. The quantitative estimate of drug-likeness (QED) is 0.565. The van der Waals surface area contributed by atoms with E-state index < -0.39 is 23.7 Å². The van der Waals surface area contributed by atoms with Crippen molar-refractivity contribution in [2.45, 2.75) is 26.4 Å². The molecule has 0 radical (unpaired) electrons. The highest BCUT2D eigenvalue weighted by Gasteiger charge is 2.14. The standard InChI is InChI=1S/C17H18O7/c1-11(18)22-10-15(23-12(2)19)7-8-21-14-5-3-13-4-6-17(20)24-16(13)9-14/h3-6,9,15H,7-8,10H2,1-2H3/t15-/m1/s1. The van der Waals surface area contributed by atoms with E-state index in [0.717, 1.165) is 5.39 Å². The summed E-state index contributed by atoms with van der Waals surface area (Å²) in [4.78, 5) is 33.1. The summed E-state index contributed by atoms with van der Waals surface area (Å²) in [7, 11) is 0. The van der Waals surface area contributed by atoms with Gasteiger partial charge in [0.25, 0.3) is 0 Å². The molecule has 128 valence electrons. The number of carbonyl (C=O) groups is 2. The smallest absolute Gasteiger partial charge is 0.336 e. The van der Waals surface area contributed by atoms with Gasteiger partial charge in [-0.2, -0.15) is 0 Å². The molecule has 0 amide bonds. The lowest BCUT2D eigenvalue weighted by molar-refractivity contribution is -0.156. The maximum absolute atomic E-state index is 11.2. The summed E-state index contributed by atoms with van der Waals surface area (Å²) < 4.78 is 20.6. The van der Waals surface area contributed by atoms with E-state index in [9.17, 15) is 14.4 Å². The van der Waals surface area contributed by atoms with Crippen molar-refractivity contribution in [2.75, 3.05) is 13.2 Å². The average molecular weight is 334 g/mol. The van der Waals surface area contributed by atoms with Crippen molar-refractivity contribution in [3.8, 4) is 5.75 Å². The molecule has 1 heterocycles. The van der Waals surface area contributed by atoms with Gasteiger partial charge in [-0.05, 0) is 18.2 Å². The number of hydrogen-bond acceptors (Lipinski definition) is 7. The molecule has 0 aliphatic carbocycles. The Balaban J connectivity index is 1.94. The molecule has 2 aromatic rings. The summed E-state index contributed by atoms with van der Waals surface area (Å²) in [5.41, 5.74) is -0.00703. The first-order chi connectivity index (χ1) is 11.4. The van der Waals surface area contributed by atoms with E-state index in [0.29, 0.717) is 17.8 Å². The lowest BCUT2D eigenvalue weighted by Crippen LogP contribution is -2.25. The van der Waals surface area contributed by atoms with Gasteiger partial charge in [0.2, 0.25) is 0 Å². The van der Waals surface area contributed by atoms with Crippen LogP contribution in [0.1, 0.15) is 20.3 Å². The second kappa shape index (κ2) is 8.14. The van der Waals surface area contributed by atoms with Gasteiger partial charge in [0, 0.05) is 37.8 Å². The monoisotopic (exact) mass is 334 g/mol. The highest BCUT2D eigenvalue weighted by molar-refractivity contribution is 5.77. The van der Waals surface area contributed by atoms with Crippen LogP contribution >= 0.6 is 0 Å². The van der Waals surface area contributed by atoms with Crippen molar-refractivity contribution < 1.29 is 28.2 Å². The van der Waals surface area contributed by atoms with Crippen molar-refractivity contribution in [1.82, 2.24) is 0 Å². The summed E-state index contributed by atoms with van der Waals surface area (Å²) in [6.45, 7) is 2.78. The van der Waals surface area contributed by atoms with Crippen LogP contribution < -0.4 is 10.4 Å². The van der Waals surface area contributed by atoms with Crippen molar-refractivity contribution in [2.24, 2.45) is 0 Å². The number of esters is 2. The Morgan fingerprint density at radius 2 is 1.88 bits per heavy atom. The van der Waals surface area contributed by atoms with Crippen LogP contribution in [0, 0.1) is 0 Å². The van der Waals surface area contributed by atoms with E-state index in [2.05, 4.69) is 0 Å². The molecular weight excluding hydrogens is 316 g/mol. The van der Waals surface area contributed by atoms with E-state index in [1.807, 2.05) is 0 Å². The molecule has 7 nitrogen and oxygen atoms in total. The van der Waals surface area contributed by atoms with E-state index >= 15 is 0 Å². The van der Waals surface area contributed by atoms with Crippen molar-refractivity contribution in [1.29, 1.82) is 0 Å². The summed E-state index contributed by atoms with van der Waals surface area (Å²) in [6, 6.07) is 8.15. The lowest BCUT2D eigenvalue weighted by Gasteiger charge is -2.17. The topological polar surface area (TPSA) is 92.0 Å². The molecule has 0 N–H and O–H groups in total. The van der Waals surface area contributed by atoms with Gasteiger partial charge in [-0.3, -0.25) is 9.59 Å². The number of carbonyl (C=O) groups excluding carboxylic acids is 2. The molecule has 1 atom stereocenters. The van der Waals surface area contributed by atoms with Crippen LogP contribution in [0.3, 0.4) is 0 Å². The van der Waals surface area contributed by atoms with E-state index in [-0.39, 0.29) is 13.2 Å². The van der Waals surface area contributed by atoms with E-state index in [4.69, 9.17) is 18.6 Å². The molecule has 0 saturated heterocycles. The zero-order valence-corrected chi connectivity index (χ0v) is 13.4. The van der Waals surface area contributed by atoms with Crippen molar-refractivity contribution in [3.63, 3.8) is 0 Å². The Morgan fingerprint density at radius 1 is 1.12 bits per heavy atom. The minimum absolute atomic E-state index is 0.0229. The van der Waals surface area contributed by atoms with Gasteiger partial charge in [0.1, 0.15) is 24.0 Å². The van der Waals surface area contributed by atoms with Gasteiger partial charge in [0.05, 0.1) is 6.61 Å². The summed E-state index contributed by atoms with van der Waals surface area (Å²) >= 11 is 0. The first kappa shape index (κ1) is 17.5. The van der Waals surface area contributed by atoms with Crippen LogP contribution in [-0.4, -0.2) is 31.3 Å². The molecule has 0 aliphatic heterocycles. The fraction of sp³-hybridized carbons (Fsp3) is 0.353. The third-order valence-corrected chi connectivity index (χ3v) is 3.11. The second-order valence-electron chi connectivity index (χ2n) is 5.13. The summed E-state index contributed by atoms with van der Waals surface area (Å²) in [6.07, 6.45) is -0.228. The Hall–Kier alpha value is -2.83. The SMILES string of the molecule is CC(=O)OC[C@@H](CCOc1ccc2ccc(=O)oc2c1)OC(C)=O. The van der Waals surface area contributed by atoms with Gasteiger partial charge in [-0.15, -0.1) is 0 Å². The Morgan fingerprint density at radius 3 is 2.58 bits per heavy atom. The molecule has 0 unspecified atom stereocenters. The van der Waals surface area contributed by atoms with Gasteiger partial charge in [0.15, 0.2) is 0 Å². The van der Waals surface area contributed by atoms with Crippen LogP contribution in [0.2, 0.25) is 0 Å². The molecule has 0 saturated carbocycles. The number of hydrogen-bond donors (Lipinski definition) is 0. The van der Waals surface area contributed by atoms with Crippen molar-refractivity contribution >= 4 is 22.9 Å². The molecule has 24 heavy (non-hydrogen) atoms. The summed E-state index contributed by atoms with van der Waals surface area (Å²) in [5.74, 6) is -0.386. The third-order valence-electron chi connectivity index (χ3n) is 3.11. The summed E-state index contributed by atoms with van der Waals surface area (Å²) in [5, 5.41) is 0.787. The second-order valence-corrected chi connectivity index (χ2v) is 5.13. The predicted octanol–water partition coefficient (Wildman–Crippen LogP) is 2.06. The number of ether oxygens (including phenoxy) is 3. The first-order valence-corrected chi connectivity index (χ1v) is 7.41. The van der Waals surface area contributed by atoms with Crippen LogP contribution in [0.5, 0.6) is 5.75 Å². The predicted molar refractivity (Wildman–Crippen MR) is 84.8 cm³/mol. The van der Waals surface area contributed by atoms with E-state index in [1.165, 1.54) is 19.9 Å². The molecule has 2 rings (SSSR count). The van der Waals surface area contributed by atoms with Crippen LogP contribution in [0.4, 0.5) is 0 Å². The lowest BCUT2D eigenvalue weighted by atomic mass is 10.2. The maximum Gasteiger partial charge on any atom is 0.336 e. The number of rotatable bonds is 7. The molecule has 0 fully saturated rings. The fourth-order valence-corrected chi connectivity index (χ4v) is 2.06. The van der Waals surface area contributed by atoms with Gasteiger partial charge < -0.3 is 18.6 Å². The van der Waals surface area contributed by atoms with Crippen molar-refractivity contribution in [3.05, 3.63) is 40.8 Å². The van der Waals surface area contributed by atoms with Crippen LogP contribution in [0.25, 0.3) is 11.0 Å². The zero-order valence-electron chi connectivity index (χ0n) is 13.4. The third kappa shape index (κ3) is 5.42.